The van der Waals surface area contributed by atoms with E-state index in [2.05, 4.69) is 49.9 Å². The normalized spacial score (nSPS) is 18.6. The Hall–Kier alpha value is -1.35. The van der Waals surface area contributed by atoms with E-state index in [1.54, 1.807) is 0 Å². The van der Waals surface area contributed by atoms with E-state index in [9.17, 15) is 4.79 Å². The molecule has 0 bridgehead atoms. The van der Waals surface area contributed by atoms with Crippen molar-refractivity contribution in [2.45, 2.75) is 39.7 Å². The van der Waals surface area contributed by atoms with Gasteiger partial charge in [0, 0.05) is 19.6 Å². The number of carbonyl (C=O) groups is 1. The standard InChI is InChI=1S/C17H25NO2/c1-12(16(19)20)14-10-18(11-14)9-13-5-7-15(8-6-13)17(2,3)4/h5-8,12,14H,9-11H2,1-4H3,(H,19,20). The molecule has 0 amide bonds. The predicted molar refractivity (Wildman–Crippen MR) is 80.7 cm³/mol. The van der Waals surface area contributed by atoms with Gasteiger partial charge in [0.1, 0.15) is 0 Å². The van der Waals surface area contributed by atoms with E-state index in [4.69, 9.17) is 5.11 Å². The van der Waals surface area contributed by atoms with Gasteiger partial charge in [-0.25, -0.2) is 0 Å². The molecule has 3 nitrogen and oxygen atoms in total. The molecule has 0 spiro atoms. The minimum Gasteiger partial charge on any atom is -0.481 e. The van der Waals surface area contributed by atoms with Gasteiger partial charge in [0.15, 0.2) is 0 Å². The molecule has 3 heteroatoms. The van der Waals surface area contributed by atoms with Crippen LogP contribution in [0.4, 0.5) is 0 Å². The molecule has 110 valence electrons. The molecule has 1 aliphatic heterocycles. The van der Waals surface area contributed by atoms with E-state index in [0.29, 0.717) is 5.92 Å². The van der Waals surface area contributed by atoms with E-state index < -0.39 is 5.97 Å². The van der Waals surface area contributed by atoms with Crippen LogP contribution in [0.25, 0.3) is 0 Å². The average Bonchev–Trinajstić information content (AvgIpc) is 2.31. The number of rotatable bonds is 4. The number of aliphatic carboxylic acids is 1. The zero-order valence-electron chi connectivity index (χ0n) is 12.9. The summed E-state index contributed by atoms with van der Waals surface area (Å²) in [7, 11) is 0. The first-order chi connectivity index (χ1) is 9.27. The van der Waals surface area contributed by atoms with Crippen LogP contribution in [-0.4, -0.2) is 29.1 Å². The molecule has 0 aliphatic carbocycles. The van der Waals surface area contributed by atoms with Gasteiger partial charge in [-0.1, -0.05) is 52.0 Å². The van der Waals surface area contributed by atoms with Gasteiger partial charge in [-0.15, -0.1) is 0 Å². The quantitative estimate of drug-likeness (QED) is 0.917. The van der Waals surface area contributed by atoms with E-state index >= 15 is 0 Å². The largest absolute Gasteiger partial charge is 0.481 e. The number of carboxylic acids is 1. The maximum atomic E-state index is 10.9. The van der Waals surface area contributed by atoms with Gasteiger partial charge in [-0.05, 0) is 22.5 Å². The molecular formula is C17H25NO2. The van der Waals surface area contributed by atoms with Crippen molar-refractivity contribution < 1.29 is 9.90 Å². The minimum absolute atomic E-state index is 0.192. The van der Waals surface area contributed by atoms with Crippen LogP contribution >= 0.6 is 0 Å². The lowest BCUT2D eigenvalue weighted by atomic mass is 9.85. The van der Waals surface area contributed by atoms with Gasteiger partial charge in [0.05, 0.1) is 5.92 Å². The second-order valence-corrected chi connectivity index (χ2v) is 7.03. The fourth-order valence-electron chi connectivity index (χ4n) is 2.63. The zero-order chi connectivity index (χ0) is 14.9. The number of benzene rings is 1. The Balaban J connectivity index is 1.86. The third kappa shape index (κ3) is 3.40. The van der Waals surface area contributed by atoms with Crippen molar-refractivity contribution in [2.24, 2.45) is 11.8 Å². The van der Waals surface area contributed by atoms with Crippen molar-refractivity contribution in [3.63, 3.8) is 0 Å². The summed E-state index contributed by atoms with van der Waals surface area (Å²) in [6.07, 6.45) is 0. The molecule has 0 saturated carbocycles. The van der Waals surface area contributed by atoms with Crippen molar-refractivity contribution in [1.82, 2.24) is 4.90 Å². The van der Waals surface area contributed by atoms with Crippen LogP contribution in [-0.2, 0) is 16.8 Å². The highest BCUT2D eigenvalue weighted by atomic mass is 16.4. The van der Waals surface area contributed by atoms with E-state index in [-0.39, 0.29) is 11.3 Å². The summed E-state index contributed by atoms with van der Waals surface area (Å²) in [6, 6.07) is 8.78. The highest BCUT2D eigenvalue weighted by Gasteiger charge is 2.34. The summed E-state index contributed by atoms with van der Waals surface area (Å²) in [6.45, 7) is 11.2. The third-order valence-electron chi connectivity index (χ3n) is 4.31. The van der Waals surface area contributed by atoms with Crippen molar-refractivity contribution in [3.8, 4) is 0 Å². The maximum Gasteiger partial charge on any atom is 0.306 e. The van der Waals surface area contributed by atoms with Crippen LogP contribution in [0.15, 0.2) is 24.3 Å². The Morgan fingerprint density at radius 3 is 2.30 bits per heavy atom. The molecule has 1 atom stereocenters. The molecule has 1 aromatic carbocycles. The van der Waals surface area contributed by atoms with Gasteiger partial charge in [0.2, 0.25) is 0 Å². The highest BCUT2D eigenvalue weighted by Crippen LogP contribution is 2.27. The Morgan fingerprint density at radius 2 is 1.85 bits per heavy atom. The van der Waals surface area contributed by atoms with Gasteiger partial charge < -0.3 is 5.11 Å². The van der Waals surface area contributed by atoms with Crippen LogP contribution in [0.2, 0.25) is 0 Å². The lowest BCUT2D eigenvalue weighted by Gasteiger charge is -2.41. The molecule has 1 aliphatic rings. The lowest BCUT2D eigenvalue weighted by Crippen LogP contribution is -2.50. The molecule has 0 radical (unpaired) electrons. The first-order valence-corrected chi connectivity index (χ1v) is 7.32. The highest BCUT2D eigenvalue weighted by molar-refractivity contribution is 5.70. The fourth-order valence-corrected chi connectivity index (χ4v) is 2.63. The molecule has 1 saturated heterocycles. The Labute approximate surface area is 121 Å². The van der Waals surface area contributed by atoms with Crippen molar-refractivity contribution in [2.75, 3.05) is 13.1 Å². The average molecular weight is 275 g/mol. The molecule has 1 aromatic rings. The van der Waals surface area contributed by atoms with Crippen LogP contribution in [0, 0.1) is 11.8 Å². The van der Waals surface area contributed by atoms with Crippen LogP contribution < -0.4 is 0 Å². The smallest absolute Gasteiger partial charge is 0.306 e. The third-order valence-corrected chi connectivity index (χ3v) is 4.31. The molecule has 2 rings (SSSR count). The van der Waals surface area contributed by atoms with Gasteiger partial charge in [-0.3, -0.25) is 9.69 Å². The fraction of sp³-hybridized carbons (Fsp3) is 0.588. The number of hydrogen-bond donors (Lipinski definition) is 1. The molecule has 0 aromatic heterocycles. The lowest BCUT2D eigenvalue weighted by molar-refractivity contribution is -0.145. The molecular weight excluding hydrogens is 250 g/mol. The second kappa shape index (κ2) is 5.57. The summed E-state index contributed by atoms with van der Waals surface area (Å²) in [5.74, 6) is -0.597. The first-order valence-electron chi connectivity index (χ1n) is 7.32. The molecule has 1 fully saturated rings. The number of carboxylic acid groups (broad SMARTS) is 1. The summed E-state index contributed by atoms with van der Waals surface area (Å²) >= 11 is 0. The van der Waals surface area contributed by atoms with Crippen molar-refractivity contribution >= 4 is 5.97 Å². The molecule has 20 heavy (non-hydrogen) atoms. The van der Waals surface area contributed by atoms with Crippen LogP contribution in [0.3, 0.4) is 0 Å². The topological polar surface area (TPSA) is 40.5 Å². The zero-order valence-corrected chi connectivity index (χ0v) is 12.9. The molecule has 1 N–H and O–H groups in total. The van der Waals surface area contributed by atoms with Gasteiger partial charge in [0.25, 0.3) is 0 Å². The number of likely N-dealkylation sites (tertiary alicyclic amines) is 1. The van der Waals surface area contributed by atoms with Crippen molar-refractivity contribution in [3.05, 3.63) is 35.4 Å². The van der Waals surface area contributed by atoms with E-state index in [0.717, 1.165) is 19.6 Å². The Morgan fingerprint density at radius 1 is 1.30 bits per heavy atom. The minimum atomic E-state index is -0.677. The van der Waals surface area contributed by atoms with E-state index in [1.807, 2.05) is 6.92 Å². The SMILES string of the molecule is CC(C(=O)O)C1CN(Cc2ccc(C(C)(C)C)cc2)C1. The molecule has 1 heterocycles. The second-order valence-electron chi connectivity index (χ2n) is 7.03. The Kier molecular flexibility index (Phi) is 4.19. The van der Waals surface area contributed by atoms with Crippen LogP contribution in [0.1, 0.15) is 38.8 Å². The van der Waals surface area contributed by atoms with Gasteiger partial charge >= 0.3 is 5.97 Å². The predicted octanol–water partition coefficient (Wildman–Crippen LogP) is 3.14. The summed E-state index contributed by atoms with van der Waals surface area (Å²) in [5.41, 5.74) is 2.85. The van der Waals surface area contributed by atoms with Crippen LogP contribution in [0.5, 0.6) is 0 Å². The summed E-state index contributed by atoms with van der Waals surface area (Å²) < 4.78 is 0. The summed E-state index contributed by atoms with van der Waals surface area (Å²) in [4.78, 5) is 13.2. The van der Waals surface area contributed by atoms with Gasteiger partial charge in [-0.2, -0.15) is 0 Å². The van der Waals surface area contributed by atoms with E-state index in [1.165, 1.54) is 11.1 Å². The Bertz CT molecular complexity index is 467. The monoisotopic (exact) mass is 275 g/mol. The first kappa shape index (κ1) is 15.0. The van der Waals surface area contributed by atoms with Crippen molar-refractivity contribution in [1.29, 1.82) is 0 Å². The number of nitrogens with zero attached hydrogens (tertiary/aromatic N) is 1. The maximum absolute atomic E-state index is 10.9. The molecule has 1 unspecified atom stereocenters. The number of hydrogen-bond acceptors (Lipinski definition) is 2. The summed E-state index contributed by atoms with van der Waals surface area (Å²) in [5, 5.41) is 8.98.